The standard InChI is InChI=1S/C14H20N2O3/c1-14(2,3)16(10-13(18)19)12(17)9-15-11-7-5-4-6-8-11/h4-8,15H,9-10H2,1-3H3,(H,18,19). The maximum atomic E-state index is 12.1. The van der Waals surface area contributed by atoms with E-state index in [-0.39, 0.29) is 19.0 Å². The molecule has 0 saturated heterocycles. The zero-order valence-electron chi connectivity index (χ0n) is 11.5. The Morgan fingerprint density at radius 1 is 1.21 bits per heavy atom. The van der Waals surface area contributed by atoms with Gasteiger partial charge in [-0.15, -0.1) is 0 Å². The van der Waals surface area contributed by atoms with Crippen molar-refractivity contribution >= 4 is 17.6 Å². The van der Waals surface area contributed by atoms with Gasteiger partial charge in [-0.2, -0.15) is 0 Å². The van der Waals surface area contributed by atoms with Gasteiger partial charge in [-0.1, -0.05) is 18.2 Å². The number of nitrogens with zero attached hydrogens (tertiary/aromatic N) is 1. The highest BCUT2D eigenvalue weighted by Crippen LogP contribution is 2.13. The van der Waals surface area contributed by atoms with E-state index in [9.17, 15) is 9.59 Å². The predicted octanol–water partition coefficient (Wildman–Crippen LogP) is 1.81. The highest BCUT2D eigenvalue weighted by molar-refractivity contribution is 5.85. The summed E-state index contributed by atoms with van der Waals surface area (Å²) in [4.78, 5) is 24.3. The van der Waals surface area contributed by atoms with Gasteiger partial charge in [0.25, 0.3) is 0 Å². The van der Waals surface area contributed by atoms with E-state index in [0.717, 1.165) is 5.69 Å². The van der Waals surface area contributed by atoms with Crippen molar-refractivity contribution in [1.82, 2.24) is 4.90 Å². The van der Waals surface area contributed by atoms with Crippen LogP contribution in [-0.4, -0.2) is 40.5 Å². The summed E-state index contributed by atoms with van der Waals surface area (Å²) in [6, 6.07) is 9.33. The molecule has 0 bridgehead atoms. The van der Waals surface area contributed by atoms with E-state index in [1.807, 2.05) is 51.1 Å². The summed E-state index contributed by atoms with van der Waals surface area (Å²) in [6.45, 7) is 5.23. The van der Waals surface area contributed by atoms with Crippen LogP contribution in [0.1, 0.15) is 20.8 Å². The quantitative estimate of drug-likeness (QED) is 0.851. The van der Waals surface area contributed by atoms with Gasteiger partial charge in [0.1, 0.15) is 6.54 Å². The Hall–Kier alpha value is -2.04. The molecule has 0 radical (unpaired) electrons. The molecule has 0 heterocycles. The van der Waals surface area contributed by atoms with Crippen LogP contribution in [0.25, 0.3) is 0 Å². The van der Waals surface area contributed by atoms with E-state index in [4.69, 9.17) is 5.11 Å². The van der Waals surface area contributed by atoms with Crippen LogP contribution in [0.2, 0.25) is 0 Å². The molecule has 2 N–H and O–H groups in total. The summed E-state index contributed by atoms with van der Waals surface area (Å²) in [5.41, 5.74) is 0.313. The van der Waals surface area contributed by atoms with Crippen LogP contribution in [0.4, 0.5) is 5.69 Å². The first-order valence-electron chi connectivity index (χ1n) is 6.12. The van der Waals surface area contributed by atoms with Crippen LogP contribution in [0, 0.1) is 0 Å². The smallest absolute Gasteiger partial charge is 0.323 e. The van der Waals surface area contributed by atoms with Gasteiger partial charge in [0.2, 0.25) is 5.91 Å². The lowest BCUT2D eigenvalue weighted by Gasteiger charge is -2.34. The van der Waals surface area contributed by atoms with Crippen LogP contribution in [0.5, 0.6) is 0 Å². The lowest BCUT2D eigenvalue weighted by atomic mass is 10.1. The molecule has 5 heteroatoms. The Bertz CT molecular complexity index is 438. The van der Waals surface area contributed by atoms with E-state index in [1.165, 1.54) is 4.90 Å². The molecule has 0 atom stereocenters. The second-order valence-corrected chi connectivity index (χ2v) is 5.26. The van der Waals surface area contributed by atoms with Gasteiger partial charge in [-0.25, -0.2) is 0 Å². The minimum absolute atomic E-state index is 0.0779. The number of hydrogen-bond acceptors (Lipinski definition) is 3. The molecule has 1 aromatic rings. The summed E-state index contributed by atoms with van der Waals surface area (Å²) in [6.07, 6.45) is 0. The van der Waals surface area contributed by atoms with Crippen molar-refractivity contribution in [3.05, 3.63) is 30.3 Å². The van der Waals surface area contributed by atoms with Crippen molar-refractivity contribution in [2.24, 2.45) is 0 Å². The maximum Gasteiger partial charge on any atom is 0.323 e. The third kappa shape index (κ3) is 4.99. The van der Waals surface area contributed by atoms with Crippen molar-refractivity contribution < 1.29 is 14.7 Å². The van der Waals surface area contributed by atoms with Crippen LogP contribution >= 0.6 is 0 Å². The maximum absolute atomic E-state index is 12.1. The van der Waals surface area contributed by atoms with Crippen LogP contribution in [0.15, 0.2) is 30.3 Å². The third-order valence-electron chi connectivity index (χ3n) is 2.62. The van der Waals surface area contributed by atoms with Crippen LogP contribution in [-0.2, 0) is 9.59 Å². The van der Waals surface area contributed by atoms with Gasteiger partial charge in [0.05, 0.1) is 6.54 Å². The predicted molar refractivity (Wildman–Crippen MR) is 74.0 cm³/mol. The molecule has 5 nitrogen and oxygen atoms in total. The van der Waals surface area contributed by atoms with Gasteiger partial charge in [-0.05, 0) is 32.9 Å². The number of hydrogen-bond donors (Lipinski definition) is 2. The number of benzene rings is 1. The lowest BCUT2D eigenvalue weighted by Crippen LogP contribution is -2.50. The number of nitrogens with one attached hydrogen (secondary N) is 1. The fraction of sp³-hybridized carbons (Fsp3) is 0.429. The molecular formula is C14H20N2O3. The minimum atomic E-state index is -1.01. The first-order valence-corrected chi connectivity index (χ1v) is 6.12. The average molecular weight is 264 g/mol. The van der Waals surface area contributed by atoms with Crippen molar-refractivity contribution in [3.63, 3.8) is 0 Å². The van der Waals surface area contributed by atoms with Gasteiger partial charge >= 0.3 is 5.97 Å². The monoisotopic (exact) mass is 264 g/mol. The van der Waals surface area contributed by atoms with Gasteiger partial charge < -0.3 is 15.3 Å². The van der Waals surface area contributed by atoms with Crippen LogP contribution in [0.3, 0.4) is 0 Å². The summed E-state index contributed by atoms with van der Waals surface area (Å²) in [5, 5.41) is 11.9. The summed E-state index contributed by atoms with van der Waals surface area (Å²) in [5.74, 6) is -1.25. The molecule has 1 rings (SSSR count). The normalized spacial score (nSPS) is 10.9. The number of carbonyl (C=O) groups excluding carboxylic acids is 1. The molecule has 0 aliphatic rings. The second kappa shape index (κ2) is 6.22. The molecule has 0 unspecified atom stereocenters. The van der Waals surface area contributed by atoms with Crippen molar-refractivity contribution in [2.75, 3.05) is 18.4 Å². The average Bonchev–Trinajstić information content (AvgIpc) is 2.33. The highest BCUT2D eigenvalue weighted by Gasteiger charge is 2.27. The Morgan fingerprint density at radius 3 is 2.26 bits per heavy atom. The Balaban J connectivity index is 2.65. The van der Waals surface area contributed by atoms with Gasteiger partial charge in [-0.3, -0.25) is 9.59 Å². The minimum Gasteiger partial charge on any atom is -0.480 e. The van der Waals surface area contributed by atoms with Crippen molar-refractivity contribution in [2.45, 2.75) is 26.3 Å². The number of amides is 1. The number of carboxylic acids is 1. The zero-order chi connectivity index (χ0) is 14.5. The molecule has 0 aliphatic heterocycles. The largest absolute Gasteiger partial charge is 0.480 e. The summed E-state index contributed by atoms with van der Waals surface area (Å²) in [7, 11) is 0. The Morgan fingerprint density at radius 2 is 1.79 bits per heavy atom. The van der Waals surface area contributed by atoms with E-state index in [0.29, 0.717) is 0 Å². The first kappa shape index (κ1) is 15.0. The van der Waals surface area contributed by atoms with Gasteiger partial charge in [0, 0.05) is 11.2 Å². The third-order valence-corrected chi connectivity index (χ3v) is 2.62. The molecule has 0 spiro atoms. The number of para-hydroxylation sites is 1. The fourth-order valence-corrected chi connectivity index (χ4v) is 1.66. The van der Waals surface area contributed by atoms with Crippen LogP contribution < -0.4 is 5.32 Å². The fourth-order valence-electron chi connectivity index (χ4n) is 1.66. The number of anilines is 1. The molecule has 0 saturated carbocycles. The first-order chi connectivity index (χ1) is 8.80. The number of carboxylic acid groups (broad SMARTS) is 1. The second-order valence-electron chi connectivity index (χ2n) is 5.26. The Kier molecular flexibility index (Phi) is 4.92. The molecule has 1 aromatic carbocycles. The van der Waals surface area contributed by atoms with E-state index >= 15 is 0 Å². The summed E-state index contributed by atoms with van der Waals surface area (Å²) >= 11 is 0. The van der Waals surface area contributed by atoms with Crippen molar-refractivity contribution in [1.29, 1.82) is 0 Å². The highest BCUT2D eigenvalue weighted by atomic mass is 16.4. The molecule has 1 amide bonds. The molecule has 0 fully saturated rings. The SMILES string of the molecule is CC(C)(C)N(CC(=O)O)C(=O)CNc1ccccc1. The van der Waals surface area contributed by atoms with Crippen molar-refractivity contribution in [3.8, 4) is 0 Å². The lowest BCUT2D eigenvalue weighted by molar-refractivity contribution is -0.147. The number of carbonyl (C=O) groups is 2. The van der Waals surface area contributed by atoms with E-state index < -0.39 is 11.5 Å². The summed E-state index contributed by atoms with van der Waals surface area (Å²) < 4.78 is 0. The Labute approximate surface area is 113 Å². The topological polar surface area (TPSA) is 69.6 Å². The number of aliphatic carboxylic acids is 1. The molecule has 0 aliphatic carbocycles. The molecule has 0 aromatic heterocycles. The van der Waals surface area contributed by atoms with E-state index in [1.54, 1.807) is 0 Å². The zero-order valence-corrected chi connectivity index (χ0v) is 11.5. The van der Waals surface area contributed by atoms with Gasteiger partial charge in [0.15, 0.2) is 0 Å². The number of rotatable bonds is 5. The van der Waals surface area contributed by atoms with E-state index in [2.05, 4.69) is 5.32 Å². The molecule has 19 heavy (non-hydrogen) atoms. The molecular weight excluding hydrogens is 244 g/mol. The molecule has 104 valence electrons.